The molecule has 0 spiro atoms. The van der Waals surface area contributed by atoms with Crippen LogP contribution in [-0.4, -0.2) is 18.5 Å². The minimum Gasteiger partial charge on any atom is -0.367 e. The van der Waals surface area contributed by atoms with Crippen LogP contribution >= 0.6 is 0 Å². The number of allylic oxidation sites excluding steroid dienone is 1. The van der Waals surface area contributed by atoms with Gasteiger partial charge < -0.3 is 9.53 Å². The predicted octanol–water partition coefficient (Wildman–Crippen LogP) is 2.34. The topological polar surface area (TPSA) is 26.3 Å². The molecule has 0 radical (unpaired) electrons. The highest BCUT2D eigenvalue weighted by Gasteiger charge is 2.37. The molecular formula is C11H18O2. The molecule has 0 N–H and O–H groups in total. The Kier molecular flexibility index (Phi) is 3.67. The summed E-state index contributed by atoms with van der Waals surface area (Å²) in [5.41, 5.74) is -0.521. The van der Waals surface area contributed by atoms with Crippen molar-refractivity contribution in [3.8, 4) is 0 Å². The number of aldehydes is 1. The quantitative estimate of drug-likeness (QED) is 0.492. The molecule has 0 amide bonds. The summed E-state index contributed by atoms with van der Waals surface area (Å²) in [7, 11) is 0. The molecule has 2 atom stereocenters. The van der Waals surface area contributed by atoms with Crippen LogP contribution in [-0.2, 0) is 9.53 Å². The van der Waals surface area contributed by atoms with Gasteiger partial charge in [0.05, 0.1) is 0 Å². The van der Waals surface area contributed by atoms with Gasteiger partial charge in [0.15, 0.2) is 6.29 Å². The Labute approximate surface area is 80.0 Å². The normalized spacial score (nSPS) is 30.8. The Morgan fingerprint density at radius 2 is 2.38 bits per heavy atom. The minimum absolute atomic E-state index is 0.253. The molecule has 0 aromatic carbocycles. The van der Waals surface area contributed by atoms with E-state index in [1.807, 2.05) is 6.08 Å². The van der Waals surface area contributed by atoms with Crippen molar-refractivity contribution in [1.82, 2.24) is 0 Å². The summed E-state index contributed by atoms with van der Waals surface area (Å²) in [6.45, 7) is 6.47. The van der Waals surface area contributed by atoms with E-state index in [0.717, 1.165) is 38.6 Å². The van der Waals surface area contributed by atoms with Gasteiger partial charge in [-0.15, -0.1) is 6.58 Å². The van der Waals surface area contributed by atoms with Gasteiger partial charge in [-0.2, -0.15) is 0 Å². The lowest BCUT2D eigenvalue weighted by atomic mass is 9.82. The summed E-state index contributed by atoms with van der Waals surface area (Å²) in [5, 5.41) is 0. The smallest absolute Gasteiger partial charge is 0.152 e. The molecule has 1 rings (SSSR count). The van der Waals surface area contributed by atoms with Crippen molar-refractivity contribution in [2.75, 3.05) is 6.61 Å². The summed E-state index contributed by atoms with van der Waals surface area (Å²) in [6, 6.07) is 0. The van der Waals surface area contributed by atoms with Crippen molar-refractivity contribution in [2.24, 2.45) is 5.92 Å². The lowest BCUT2D eigenvalue weighted by Gasteiger charge is -2.37. The Morgan fingerprint density at radius 3 is 2.85 bits per heavy atom. The molecule has 74 valence electrons. The molecule has 2 unspecified atom stereocenters. The van der Waals surface area contributed by atoms with E-state index in [9.17, 15) is 4.79 Å². The summed E-state index contributed by atoms with van der Waals surface area (Å²) in [4.78, 5) is 11.0. The second-order valence-electron chi connectivity index (χ2n) is 3.80. The summed E-state index contributed by atoms with van der Waals surface area (Å²) >= 11 is 0. The Balaban J connectivity index is 2.65. The minimum atomic E-state index is -0.521. The first kappa shape index (κ1) is 10.5. The molecule has 2 heteroatoms. The fourth-order valence-corrected chi connectivity index (χ4v) is 1.88. The highest BCUT2D eigenvalue weighted by Crippen LogP contribution is 2.32. The molecule has 0 aromatic rings. The number of hydrogen-bond acceptors (Lipinski definition) is 2. The van der Waals surface area contributed by atoms with E-state index in [4.69, 9.17) is 4.74 Å². The first-order chi connectivity index (χ1) is 6.25. The third-order valence-electron chi connectivity index (χ3n) is 2.89. The van der Waals surface area contributed by atoms with E-state index < -0.39 is 5.60 Å². The van der Waals surface area contributed by atoms with Crippen LogP contribution < -0.4 is 0 Å². The van der Waals surface area contributed by atoms with Gasteiger partial charge in [-0.1, -0.05) is 13.0 Å². The number of ether oxygens (including phenoxy) is 1. The first-order valence-electron chi connectivity index (χ1n) is 4.96. The Hall–Kier alpha value is -0.630. The Bertz CT molecular complexity index is 181. The van der Waals surface area contributed by atoms with E-state index in [-0.39, 0.29) is 5.92 Å². The van der Waals surface area contributed by atoms with Crippen LogP contribution in [0.3, 0.4) is 0 Å². The third-order valence-corrected chi connectivity index (χ3v) is 2.89. The highest BCUT2D eigenvalue weighted by molar-refractivity contribution is 5.63. The van der Waals surface area contributed by atoms with Crippen molar-refractivity contribution in [3.05, 3.63) is 12.7 Å². The number of carbonyl (C=O) groups is 1. The fourth-order valence-electron chi connectivity index (χ4n) is 1.88. The van der Waals surface area contributed by atoms with E-state index in [2.05, 4.69) is 13.5 Å². The van der Waals surface area contributed by atoms with Crippen molar-refractivity contribution < 1.29 is 9.53 Å². The van der Waals surface area contributed by atoms with Gasteiger partial charge in [0.25, 0.3) is 0 Å². The molecule has 1 aliphatic heterocycles. The Morgan fingerprint density at radius 1 is 1.62 bits per heavy atom. The highest BCUT2D eigenvalue weighted by atomic mass is 16.5. The number of hydrogen-bond donors (Lipinski definition) is 0. The lowest BCUT2D eigenvalue weighted by molar-refractivity contribution is -0.147. The van der Waals surface area contributed by atoms with Gasteiger partial charge in [-0.3, -0.25) is 0 Å². The monoisotopic (exact) mass is 182 g/mol. The molecule has 0 aromatic heterocycles. The van der Waals surface area contributed by atoms with Crippen LogP contribution in [0.15, 0.2) is 12.7 Å². The van der Waals surface area contributed by atoms with E-state index in [0.29, 0.717) is 0 Å². The van der Waals surface area contributed by atoms with Crippen molar-refractivity contribution in [3.63, 3.8) is 0 Å². The van der Waals surface area contributed by atoms with Crippen molar-refractivity contribution in [2.45, 2.75) is 38.2 Å². The van der Waals surface area contributed by atoms with Crippen LogP contribution in [0.1, 0.15) is 32.6 Å². The zero-order chi connectivity index (χ0) is 9.73. The largest absolute Gasteiger partial charge is 0.367 e. The molecule has 0 bridgehead atoms. The van der Waals surface area contributed by atoms with Gasteiger partial charge in [-0.05, 0) is 31.6 Å². The summed E-state index contributed by atoms with van der Waals surface area (Å²) in [5.74, 6) is 0.253. The molecule has 0 saturated carbocycles. The van der Waals surface area contributed by atoms with Gasteiger partial charge in [0.2, 0.25) is 0 Å². The van der Waals surface area contributed by atoms with E-state index >= 15 is 0 Å². The molecular weight excluding hydrogens is 164 g/mol. The molecule has 1 heterocycles. The molecule has 13 heavy (non-hydrogen) atoms. The van der Waals surface area contributed by atoms with Gasteiger partial charge in [0.1, 0.15) is 5.60 Å². The van der Waals surface area contributed by atoms with Crippen LogP contribution in [0.4, 0.5) is 0 Å². The van der Waals surface area contributed by atoms with E-state index in [1.165, 1.54) is 0 Å². The molecule has 2 nitrogen and oxygen atoms in total. The maximum absolute atomic E-state index is 11.0. The fraction of sp³-hybridized carbons (Fsp3) is 0.727. The maximum atomic E-state index is 11.0. The molecule has 0 aliphatic carbocycles. The average molecular weight is 182 g/mol. The predicted molar refractivity (Wildman–Crippen MR) is 52.6 cm³/mol. The van der Waals surface area contributed by atoms with E-state index in [1.54, 1.807) is 0 Å². The first-order valence-corrected chi connectivity index (χ1v) is 4.96. The average Bonchev–Trinajstić information content (AvgIpc) is 2.19. The molecule has 1 saturated heterocycles. The van der Waals surface area contributed by atoms with Crippen LogP contribution in [0, 0.1) is 5.92 Å². The molecule has 1 aliphatic rings. The maximum Gasteiger partial charge on any atom is 0.152 e. The van der Waals surface area contributed by atoms with Crippen molar-refractivity contribution in [1.29, 1.82) is 0 Å². The molecule has 1 fully saturated rings. The zero-order valence-electron chi connectivity index (χ0n) is 8.29. The second kappa shape index (κ2) is 4.56. The van der Waals surface area contributed by atoms with Gasteiger partial charge in [0, 0.05) is 6.61 Å². The summed E-state index contributed by atoms with van der Waals surface area (Å²) in [6.07, 6.45) is 6.73. The number of rotatable bonds is 4. The van der Waals surface area contributed by atoms with Gasteiger partial charge in [-0.25, -0.2) is 0 Å². The number of carbonyl (C=O) groups excluding carboxylic acids is 1. The standard InChI is InChI=1S/C11H18O2/c1-3-6-10(2)11(9-12)7-4-5-8-13-11/h3,9-10H,1,4-8H2,2H3. The van der Waals surface area contributed by atoms with Gasteiger partial charge >= 0.3 is 0 Å². The van der Waals surface area contributed by atoms with Crippen molar-refractivity contribution >= 4 is 6.29 Å². The summed E-state index contributed by atoms with van der Waals surface area (Å²) < 4.78 is 5.61. The van der Waals surface area contributed by atoms with Crippen LogP contribution in [0.5, 0.6) is 0 Å². The van der Waals surface area contributed by atoms with Crippen LogP contribution in [0.25, 0.3) is 0 Å². The third kappa shape index (κ3) is 2.19. The SMILES string of the molecule is C=CCC(C)C1(C=O)CCCCO1. The second-order valence-corrected chi connectivity index (χ2v) is 3.80. The zero-order valence-corrected chi connectivity index (χ0v) is 8.29. The van der Waals surface area contributed by atoms with Crippen LogP contribution in [0.2, 0.25) is 0 Å². The lowest BCUT2D eigenvalue weighted by Crippen LogP contribution is -2.43.